The fourth-order valence-electron chi connectivity index (χ4n) is 1.94. The zero-order valence-electron chi connectivity index (χ0n) is 9.22. The number of hydrogen-bond acceptors (Lipinski definition) is 2. The average molecular weight is 321 g/mol. The summed E-state index contributed by atoms with van der Waals surface area (Å²) >= 11 is 11.7. The second kappa shape index (κ2) is 5.76. The fraction of sp³-hybridized carbons (Fsp3) is 0.500. The molecule has 1 aromatic carbocycles. The molecule has 0 fully saturated rings. The third kappa shape index (κ3) is 2.76. The Hall–Kier alpha value is 0.300. The van der Waals surface area contributed by atoms with Crippen molar-refractivity contribution < 1.29 is 0 Å². The van der Waals surface area contributed by atoms with Gasteiger partial charge in [-0.25, -0.2) is 0 Å². The number of rotatable bonds is 3. The molecule has 1 unspecified atom stereocenters. The fourth-order valence-corrected chi connectivity index (χ4v) is 4.10. The summed E-state index contributed by atoms with van der Waals surface area (Å²) in [6.07, 6.45) is 1.16. The second-order valence-electron chi connectivity index (χ2n) is 3.98. The van der Waals surface area contributed by atoms with Gasteiger partial charge in [-0.2, -0.15) is 11.8 Å². The van der Waals surface area contributed by atoms with Crippen LogP contribution in [0.2, 0.25) is 5.02 Å². The molecule has 1 atom stereocenters. The maximum Gasteiger partial charge on any atom is 0.0460 e. The topological polar surface area (TPSA) is 12.0 Å². The maximum absolute atomic E-state index is 6.28. The number of nitrogens with one attached hydrogen (secondary N) is 1. The van der Waals surface area contributed by atoms with Crippen molar-refractivity contribution in [1.29, 1.82) is 0 Å². The van der Waals surface area contributed by atoms with E-state index in [1.165, 1.54) is 11.1 Å². The Morgan fingerprint density at radius 1 is 1.56 bits per heavy atom. The van der Waals surface area contributed by atoms with Crippen LogP contribution >= 0.6 is 39.3 Å². The normalized spacial score (nSPS) is 19.6. The maximum atomic E-state index is 6.28. The molecular weight excluding hydrogens is 306 g/mol. The van der Waals surface area contributed by atoms with Crippen molar-refractivity contribution in [3.63, 3.8) is 0 Å². The van der Waals surface area contributed by atoms with Crippen LogP contribution in [-0.4, -0.2) is 12.3 Å². The van der Waals surface area contributed by atoms with E-state index >= 15 is 0 Å². The van der Waals surface area contributed by atoms with E-state index in [0.29, 0.717) is 6.04 Å². The summed E-state index contributed by atoms with van der Waals surface area (Å²) in [4.78, 5) is 0. The Bertz CT molecular complexity index is 384. The number of benzene rings is 1. The predicted octanol–water partition coefficient (Wildman–Crippen LogP) is 4.39. The molecule has 0 saturated carbocycles. The number of thioether (sulfide) groups is 1. The van der Waals surface area contributed by atoms with Gasteiger partial charge >= 0.3 is 0 Å². The highest BCUT2D eigenvalue weighted by atomic mass is 79.9. The van der Waals surface area contributed by atoms with E-state index in [1.807, 2.05) is 17.8 Å². The summed E-state index contributed by atoms with van der Waals surface area (Å²) in [6, 6.07) is 4.64. The largest absolute Gasteiger partial charge is 0.309 e. The van der Waals surface area contributed by atoms with E-state index in [2.05, 4.69) is 34.2 Å². The molecule has 0 saturated heterocycles. The van der Waals surface area contributed by atoms with Gasteiger partial charge in [-0.1, -0.05) is 34.5 Å². The SMILES string of the molecule is CCCNC1CSCc2c(Cl)cc(Br)cc21. The Morgan fingerprint density at radius 2 is 2.38 bits per heavy atom. The lowest BCUT2D eigenvalue weighted by Crippen LogP contribution is -2.27. The molecule has 1 aromatic rings. The van der Waals surface area contributed by atoms with Crippen LogP contribution in [0.5, 0.6) is 0 Å². The first-order valence-electron chi connectivity index (χ1n) is 5.51. The molecule has 0 radical (unpaired) electrons. The van der Waals surface area contributed by atoms with Crippen molar-refractivity contribution in [3.05, 3.63) is 32.8 Å². The summed E-state index contributed by atoms with van der Waals surface area (Å²) in [7, 11) is 0. The summed E-state index contributed by atoms with van der Waals surface area (Å²) in [5.41, 5.74) is 2.67. The first kappa shape index (κ1) is 12.7. The van der Waals surface area contributed by atoms with Crippen LogP contribution in [0.25, 0.3) is 0 Å². The molecule has 88 valence electrons. The predicted molar refractivity (Wildman–Crippen MR) is 76.3 cm³/mol. The zero-order chi connectivity index (χ0) is 11.5. The van der Waals surface area contributed by atoms with E-state index in [-0.39, 0.29) is 0 Å². The number of fused-ring (bicyclic) bond motifs is 1. The Morgan fingerprint density at radius 3 is 3.12 bits per heavy atom. The lowest BCUT2D eigenvalue weighted by Gasteiger charge is -2.27. The zero-order valence-corrected chi connectivity index (χ0v) is 12.4. The molecule has 0 bridgehead atoms. The molecule has 1 aliphatic heterocycles. The minimum atomic E-state index is 0.448. The van der Waals surface area contributed by atoms with Crippen LogP contribution in [0, 0.1) is 0 Å². The third-order valence-corrected chi connectivity index (χ3v) is 4.60. The van der Waals surface area contributed by atoms with Gasteiger partial charge < -0.3 is 5.32 Å². The lowest BCUT2D eigenvalue weighted by molar-refractivity contribution is 0.571. The molecule has 1 N–H and O–H groups in total. The van der Waals surface area contributed by atoms with E-state index < -0.39 is 0 Å². The molecule has 4 heteroatoms. The minimum absolute atomic E-state index is 0.448. The molecule has 1 heterocycles. The van der Waals surface area contributed by atoms with Gasteiger partial charge in [0.25, 0.3) is 0 Å². The van der Waals surface area contributed by atoms with Gasteiger partial charge in [0.1, 0.15) is 0 Å². The monoisotopic (exact) mass is 319 g/mol. The first-order valence-corrected chi connectivity index (χ1v) is 7.84. The van der Waals surface area contributed by atoms with Gasteiger partial charge in [-0.15, -0.1) is 0 Å². The summed E-state index contributed by atoms with van der Waals surface area (Å²) in [5.74, 6) is 2.17. The van der Waals surface area contributed by atoms with Crippen molar-refractivity contribution in [3.8, 4) is 0 Å². The van der Waals surface area contributed by atoms with Gasteiger partial charge in [0.05, 0.1) is 0 Å². The molecule has 16 heavy (non-hydrogen) atoms. The molecule has 0 amide bonds. The van der Waals surface area contributed by atoms with Crippen molar-refractivity contribution in [2.45, 2.75) is 25.1 Å². The van der Waals surface area contributed by atoms with Gasteiger partial charge in [0.15, 0.2) is 0 Å². The van der Waals surface area contributed by atoms with Gasteiger partial charge in [0, 0.05) is 27.0 Å². The highest BCUT2D eigenvalue weighted by molar-refractivity contribution is 9.10. The third-order valence-electron chi connectivity index (χ3n) is 2.74. The van der Waals surface area contributed by atoms with Crippen LogP contribution in [0.1, 0.15) is 30.5 Å². The van der Waals surface area contributed by atoms with Crippen LogP contribution in [0.15, 0.2) is 16.6 Å². The van der Waals surface area contributed by atoms with E-state index in [4.69, 9.17) is 11.6 Å². The quantitative estimate of drug-likeness (QED) is 0.886. The molecule has 1 nitrogen and oxygen atoms in total. The van der Waals surface area contributed by atoms with Crippen molar-refractivity contribution in [2.24, 2.45) is 0 Å². The first-order chi connectivity index (χ1) is 7.72. The van der Waals surface area contributed by atoms with Crippen molar-refractivity contribution in [2.75, 3.05) is 12.3 Å². The summed E-state index contributed by atoms with van der Waals surface area (Å²) < 4.78 is 1.08. The van der Waals surface area contributed by atoms with E-state index in [0.717, 1.165) is 34.0 Å². The van der Waals surface area contributed by atoms with Crippen LogP contribution in [0.4, 0.5) is 0 Å². The Labute approximate surface area is 114 Å². The van der Waals surface area contributed by atoms with Gasteiger partial charge in [0.2, 0.25) is 0 Å². The van der Waals surface area contributed by atoms with Crippen LogP contribution in [0.3, 0.4) is 0 Å². The average Bonchev–Trinajstić information content (AvgIpc) is 2.26. The molecule has 0 spiro atoms. The van der Waals surface area contributed by atoms with Crippen LogP contribution < -0.4 is 5.32 Å². The minimum Gasteiger partial charge on any atom is -0.309 e. The highest BCUT2D eigenvalue weighted by Crippen LogP contribution is 2.37. The smallest absolute Gasteiger partial charge is 0.0460 e. The summed E-state index contributed by atoms with van der Waals surface area (Å²) in [6.45, 7) is 3.26. The second-order valence-corrected chi connectivity index (χ2v) is 6.33. The van der Waals surface area contributed by atoms with E-state index in [9.17, 15) is 0 Å². The molecular formula is C12H15BrClNS. The lowest BCUT2D eigenvalue weighted by atomic mass is 10.0. The molecule has 1 aliphatic rings. The highest BCUT2D eigenvalue weighted by Gasteiger charge is 2.22. The van der Waals surface area contributed by atoms with E-state index in [1.54, 1.807) is 0 Å². The summed E-state index contributed by atoms with van der Waals surface area (Å²) in [5, 5.41) is 4.47. The van der Waals surface area contributed by atoms with Gasteiger partial charge in [-0.05, 0) is 36.2 Å². The number of hydrogen-bond donors (Lipinski definition) is 1. The molecule has 2 rings (SSSR count). The van der Waals surface area contributed by atoms with Crippen molar-refractivity contribution in [1.82, 2.24) is 5.32 Å². The molecule has 0 aliphatic carbocycles. The van der Waals surface area contributed by atoms with Crippen LogP contribution in [-0.2, 0) is 5.75 Å². The Kier molecular flexibility index (Phi) is 4.59. The Balaban J connectivity index is 2.30. The van der Waals surface area contributed by atoms with Crippen molar-refractivity contribution >= 4 is 39.3 Å². The number of halogens is 2. The standard InChI is InChI=1S/C12H15BrClNS/c1-2-3-15-12-7-16-6-10-9(12)4-8(13)5-11(10)14/h4-5,12,15H,2-3,6-7H2,1H3. The molecule has 0 aromatic heterocycles. The van der Waals surface area contributed by atoms with Gasteiger partial charge in [-0.3, -0.25) is 0 Å².